The van der Waals surface area contributed by atoms with Gasteiger partial charge in [0.2, 0.25) is 0 Å². The van der Waals surface area contributed by atoms with Gasteiger partial charge < -0.3 is 10.6 Å². The normalized spacial score (nSPS) is 18.1. The molecule has 8 nitrogen and oxygen atoms in total. The Hall–Kier alpha value is -2.79. The summed E-state index contributed by atoms with van der Waals surface area (Å²) in [4.78, 5) is 30.4. The Morgan fingerprint density at radius 2 is 2.14 bits per heavy atom. The average Bonchev–Trinajstić information content (AvgIpc) is 3.16. The van der Waals surface area contributed by atoms with Gasteiger partial charge in [-0.2, -0.15) is 23.3 Å². The van der Waals surface area contributed by atoms with Crippen LogP contribution in [0.15, 0.2) is 30.5 Å². The number of aromatic nitrogens is 2. The third-order valence-electron chi connectivity index (χ3n) is 4.17. The number of hydrogen-bond acceptors (Lipinski definition) is 6. The molecular weight excluding hydrogens is 403 g/mol. The van der Waals surface area contributed by atoms with Gasteiger partial charge in [0.1, 0.15) is 0 Å². The van der Waals surface area contributed by atoms with Gasteiger partial charge in [-0.25, -0.2) is 4.79 Å². The molecule has 0 bridgehead atoms. The predicted octanol–water partition coefficient (Wildman–Crippen LogP) is 2.61. The van der Waals surface area contributed by atoms with Crippen molar-refractivity contribution in [3.05, 3.63) is 41.0 Å². The number of H-pyrrole nitrogens is 1. The van der Waals surface area contributed by atoms with Crippen LogP contribution in [0.1, 0.15) is 23.7 Å². The SMILES string of the molecule is CCC(N)C1N(OC(=O)C(F)(F)F)c2cccc(Cl)c2C(=O)N1c1cc[nH]n1. The number of carbonyl (C=O) groups is 2. The molecule has 0 spiro atoms. The zero-order chi connectivity index (χ0) is 20.6. The first-order valence-corrected chi connectivity index (χ1v) is 8.50. The van der Waals surface area contributed by atoms with Gasteiger partial charge >= 0.3 is 12.1 Å². The molecule has 1 aliphatic heterocycles. The maximum absolute atomic E-state index is 13.1. The van der Waals surface area contributed by atoms with E-state index in [4.69, 9.17) is 17.3 Å². The Morgan fingerprint density at radius 1 is 1.43 bits per heavy atom. The van der Waals surface area contributed by atoms with Gasteiger partial charge in [-0.15, -0.1) is 0 Å². The molecule has 1 aromatic carbocycles. The van der Waals surface area contributed by atoms with Gasteiger partial charge in [-0.1, -0.05) is 24.6 Å². The lowest BCUT2D eigenvalue weighted by molar-refractivity contribution is -0.202. The average molecular weight is 418 g/mol. The van der Waals surface area contributed by atoms with Crippen molar-refractivity contribution < 1.29 is 27.6 Å². The molecule has 2 aromatic rings. The molecule has 12 heteroatoms. The number of fused-ring (bicyclic) bond motifs is 1. The standard InChI is InChI=1S/C16H15ClF3N5O3/c1-2-9(21)13-24(11-6-7-22-23-11)14(26)12-8(17)4-3-5-10(12)25(13)28-15(27)16(18,19)20/h3-7,9,13H,2,21H2,1H3,(H,22,23). The molecule has 0 saturated heterocycles. The van der Waals surface area contributed by atoms with Crippen LogP contribution in [-0.2, 0) is 9.63 Å². The van der Waals surface area contributed by atoms with E-state index in [2.05, 4.69) is 15.0 Å². The number of amides is 1. The van der Waals surface area contributed by atoms with Crippen molar-refractivity contribution in [3.8, 4) is 0 Å². The molecular formula is C16H15ClF3N5O3. The van der Waals surface area contributed by atoms with E-state index in [1.165, 1.54) is 30.5 Å². The van der Waals surface area contributed by atoms with Crippen LogP contribution in [0.5, 0.6) is 0 Å². The maximum Gasteiger partial charge on any atom is 0.493 e. The third-order valence-corrected chi connectivity index (χ3v) is 4.48. The number of nitrogens with one attached hydrogen (secondary N) is 1. The van der Waals surface area contributed by atoms with Crippen molar-refractivity contribution >= 4 is 35.0 Å². The fourth-order valence-corrected chi connectivity index (χ4v) is 3.09. The van der Waals surface area contributed by atoms with Gasteiger partial charge in [0.05, 0.1) is 16.3 Å². The first-order chi connectivity index (χ1) is 13.2. The highest BCUT2D eigenvalue weighted by Crippen LogP contribution is 2.39. The van der Waals surface area contributed by atoms with E-state index in [-0.39, 0.29) is 28.5 Å². The third kappa shape index (κ3) is 3.38. The second kappa shape index (κ2) is 7.32. The summed E-state index contributed by atoms with van der Waals surface area (Å²) in [7, 11) is 0. The Balaban J connectivity index is 2.20. The van der Waals surface area contributed by atoms with Crippen molar-refractivity contribution in [1.82, 2.24) is 10.2 Å². The number of alkyl halides is 3. The summed E-state index contributed by atoms with van der Waals surface area (Å²) in [6.45, 7) is 1.68. The van der Waals surface area contributed by atoms with E-state index >= 15 is 0 Å². The molecule has 3 rings (SSSR count). The fourth-order valence-electron chi connectivity index (χ4n) is 2.84. The van der Waals surface area contributed by atoms with E-state index < -0.39 is 30.3 Å². The van der Waals surface area contributed by atoms with Crippen LogP contribution in [0.3, 0.4) is 0 Å². The summed E-state index contributed by atoms with van der Waals surface area (Å²) in [5.41, 5.74) is 5.86. The molecule has 3 N–H and O–H groups in total. The highest BCUT2D eigenvalue weighted by atomic mass is 35.5. The number of anilines is 2. The minimum absolute atomic E-state index is 0.0281. The lowest BCUT2D eigenvalue weighted by Gasteiger charge is -2.45. The van der Waals surface area contributed by atoms with Crippen LogP contribution >= 0.6 is 11.6 Å². The molecule has 1 amide bonds. The summed E-state index contributed by atoms with van der Waals surface area (Å²) in [6.07, 6.45) is -4.85. The number of carbonyl (C=O) groups excluding carboxylic acids is 2. The Morgan fingerprint density at radius 3 is 2.71 bits per heavy atom. The summed E-state index contributed by atoms with van der Waals surface area (Å²) >= 11 is 6.12. The molecule has 28 heavy (non-hydrogen) atoms. The van der Waals surface area contributed by atoms with Crippen molar-refractivity contribution in [3.63, 3.8) is 0 Å². The van der Waals surface area contributed by atoms with Crippen molar-refractivity contribution in [1.29, 1.82) is 0 Å². The van der Waals surface area contributed by atoms with E-state index in [1.54, 1.807) is 6.92 Å². The Labute approximate surface area is 161 Å². The molecule has 2 unspecified atom stereocenters. The molecule has 0 aliphatic carbocycles. The predicted molar refractivity (Wildman–Crippen MR) is 93.5 cm³/mol. The molecule has 1 aliphatic rings. The van der Waals surface area contributed by atoms with E-state index in [1.807, 2.05) is 0 Å². The van der Waals surface area contributed by atoms with Crippen LogP contribution in [0.4, 0.5) is 24.7 Å². The second-order valence-corrected chi connectivity index (χ2v) is 6.34. The summed E-state index contributed by atoms with van der Waals surface area (Å²) in [5, 5.41) is 7.07. The Bertz CT molecular complexity index is 890. The summed E-state index contributed by atoms with van der Waals surface area (Å²) in [6, 6.07) is 4.68. The number of benzene rings is 1. The Kier molecular flexibility index (Phi) is 5.22. The highest BCUT2D eigenvalue weighted by molar-refractivity contribution is 6.35. The van der Waals surface area contributed by atoms with Crippen LogP contribution in [0.25, 0.3) is 0 Å². The van der Waals surface area contributed by atoms with Crippen LogP contribution in [0.2, 0.25) is 5.02 Å². The largest absolute Gasteiger partial charge is 0.493 e. The smallest absolute Gasteiger partial charge is 0.330 e. The topological polar surface area (TPSA) is 105 Å². The zero-order valence-electron chi connectivity index (χ0n) is 14.4. The molecule has 0 fully saturated rings. The van der Waals surface area contributed by atoms with Crippen LogP contribution in [-0.4, -0.2) is 40.5 Å². The molecule has 1 aromatic heterocycles. The van der Waals surface area contributed by atoms with Gasteiger partial charge in [0.25, 0.3) is 5.91 Å². The number of halogens is 4. The van der Waals surface area contributed by atoms with E-state index in [0.29, 0.717) is 5.06 Å². The molecule has 150 valence electrons. The summed E-state index contributed by atoms with van der Waals surface area (Å²) in [5.74, 6) is -3.01. The first-order valence-electron chi connectivity index (χ1n) is 8.12. The lowest BCUT2D eigenvalue weighted by Crippen LogP contribution is -2.64. The fraction of sp³-hybridized carbons (Fsp3) is 0.312. The number of nitrogens with two attached hydrogens (primary N) is 1. The number of rotatable bonds is 4. The number of nitrogens with zero attached hydrogens (tertiary/aromatic N) is 3. The van der Waals surface area contributed by atoms with Crippen molar-refractivity contribution in [2.75, 3.05) is 9.96 Å². The monoisotopic (exact) mass is 417 g/mol. The van der Waals surface area contributed by atoms with E-state index in [0.717, 1.165) is 4.90 Å². The van der Waals surface area contributed by atoms with Crippen LogP contribution in [0, 0.1) is 0 Å². The molecule has 0 radical (unpaired) electrons. The first kappa shape index (κ1) is 20.0. The van der Waals surface area contributed by atoms with Crippen LogP contribution < -0.4 is 15.7 Å². The molecule has 0 saturated carbocycles. The zero-order valence-corrected chi connectivity index (χ0v) is 15.2. The maximum atomic E-state index is 13.1. The van der Waals surface area contributed by atoms with Gasteiger partial charge in [-0.3, -0.25) is 14.8 Å². The van der Waals surface area contributed by atoms with Gasteiger partial charge in [0, 0.05) is 18.3 Å². The molecule has 2 atom stereocenters. The lowest BCUT2D eigenvalue weighted by atomic mass is 10.0. The summed E-state index contributed by atoms with van der Waals surface area (Å²) < 4.78 is 38.6. The second-order valence-electron chi connectivity index (χ2n) is 5.93. The number of aromatic amines is 1. The van der Waals surface area contributed by atoms with Crippen molar-refractivity contribution in [2.24, 2.45) is 5.73 Å². The minimum Gasteiger partial charge on any atom is -0.330 e. The molecule has 2 heterocycles. The van der Waals surface area contributed by atoms with Gasteiger partial charge in [0.15, 0.2) is 12.0 Å². The number of hydrogen-bond donors (Lipinski definition) is 2. The quantitative estimate of drug-likeness (QED) is 0.792. The van der Waals surface area contributed by atoms with Gasteiger partial charge in [-0.05, 0) is 18.6 Å². The highest BCUT2D eigenvalue weighted by Gasteiger charge is 2.49. The van der Waals surface area contributed by atoms with Crippen molar-refractivity contribution in [2.45, 2.75) is 31.7 Å². The minimum atomic E-state index is -5.25. The van der Waals surface area contributed by atoms with E-state index in [9.17, 15) is 22.8 Å². The number of hydroxylamine groups is 1.